The Morgan fingerprint density at radius 2 is 0.505 bits per heavy atom. The molecule has 0 aliphatic carbocycles. The van der Waals surface area contributed by atoms with Crippen LogP contribution in [0.15, 0.2) is 0 Å². The van der Waals surface area contributed by atoms with Crippen LogP contribution >= 0.6 is 15.6 Å². The first-order chi connectivity index (χ1) is 43.7. The van der Waals surface area contributed by atoms with Gasteiger partial charge in [-0.15, -0.1) is 0 Å². The molecule has 19 heteroatoms. The third-order valence-corrected chi connectivity index (χ3v) is 18.5. The molecule has 3 N–H and O–H groups in total. The zero-order chi connectivity index (χ0) is 67.3. The highest BCUT2D eigenvalue weighted by atomic mass is 31.2. The molecule has 0 aromatic heterocycles. The first-order valence-corrected chi connectivity index (χ1v) is 40.3. The van der Waals surface area contributed by atoms with Crippen molar-refractivity contribution in [3.05, 3.63) is 0 Å². The van der Waals surface area contributed by atoms with Crippen LogP contribution in [-0.4, -0.2) is 96.7 Å². The van der Waals surface area contributed by atoms with Gasteiger partial charge >= 0.3 is 39.5 Å². The van der Waals surface area contributed by atoms with E-state index >= 15 is 0 Å². The zero-order valence-corrected chi connectivity index (χ0v) is 61.1. The van der Waals surface area contributed by atoms with Crippen LogP contribution in [0.2, 0.25) is 0 Å². The van der Waals surface area contributed by atoms with Gasteiger partial charge in [0.25, 0.3) is 0 Å². The van der Waals surface area contributed by atoms with E-state index in [9.17, 15) is 43.2 Å². The Hall–Kier alpha value is -1.94. The zero-order valence-electron chi connectivity index (χ0n) is 59.3. The van der Waals surface area contributed by atoms with Crippen molar-refractivity contribution in [3.63, 3.8) is 0 Å². The number of rotatable bonds is 70. The monoisotopic (exact) mass is 1340 g/mol. The van der Waals surface area contributed by atoms with E-state index in [-0.39, 0.29) is 25.7 Å². The van der Waals surface area contributed by atoms with Crippen molar-refractivity contribution >= 4 is 39.5 Å². The Kier molecular flexibility index (Phi) is 61.5. The molecule has 0 spiro atoms. The summed E-state index contributed by atoms with van der Waals surface area (Å²) in [5, 5.41) is 10.6. The van der Waals surface area contributed by atoms with Gasteiger partial charge < -0.3 is 33.8 Å². The second-order valence-corrected chi connectivity index (χ2v) is 30.3. The second kappa shape index (κ2) is 62.8. The molecular weight excluding hydrogens is 1200 g/mol. The highest BCUT2D eigenvalue weighted by molar-refractivity contribution is 7.47. The Morgan fingerprint density at radius 3 is 0.747 bits per heavy atom. The summed E-state index contributed by atoms with van der Waals surface area (Å²) < 4.78 is 68.3. The molecule has 0 bridgehead atoms. The Bertz CT molecular complexity index is 1780. The topological polar surface area (TPSA) is 237 Å². The SMILES string of the molecule is CCCCCCCCCCCC(=O)OC[C@H](COP(=O)(O)OC[C@H](O)COP(=O)(O)OC[C@@H](COC(=O)CCCCCCCCCCCCCCC(C)C)OC(=O)CCCCCCCCCCCCCCCC(C)C)OC(=O)CCCCCCCCCCC(C)C. The molecule has 2 unspecified atom stereocenters. The first-order valence-electron chi connectivity index (χ1n) is 37.3. The normalized spacial score (nSPS) is 14.2. The molecule has 0 aromatic rings. The summed E-state index contributed by atoms with van der Waals surface area (Å²) in [5.41, 5.74) is 0. The van der Waals surface area contributed by atoms with Crippen LogP contribution in [-0.2, 0) is 65.4 Å². The van der Waals surface area contributed by atoms with Crippen molar-refractivity contribution in [2.75, 3.05) is 39.6 Å². The molecule has 540 valence electrons. The molecule has 0 fully saturated rings. The lowest BCUT2D eigenvalue weighted by Crippen LogP contribution is -2.30. The summed E-state index contributed by atoms with van der Waals surface area (Å²) in [7, 11) is -9.90. The number of aliphatic hydroxyl groups excluding tert-OH is 1. The summed E-state index contributed by atoms with van der Waals surface area (Å²) in [4.78, 5) is 72.6. The van der Waals surface area contributed by atoms with Gasteiger partial charge in [-0.05, 0) is 43.4 Å². The smallest absolute Gasteiger partial charge is 0.462 e. The van der Waals surface area contributed by atoms with E-state index in [0.29, 0.717) is 25.7 Å². The molecule has 0 saturated carbocycles. The highest BCUT2D eigenvalue weighted by Crippen LogP contribution is 2.45. The maximum atomic E-state index is 13.0. The maximum absolute atomic E-state index is 13.0. The summed E-state index contributed by atoms with van der Waals surface area (Å²) in [6.07, 6.45) is 47.2. The third-order valence-electron chi connectivity index (χ3n) is 16.6. The van der Waals surface area contributed by atoms with Crippen molar-refractivity contribution in [1.29, 1.82) is 0 Å². The largest absolute Gasteiger partial charge is 0.472 e. The van der Waals surface area contributed by atoms with Crippen molar-refractivity contribution in [2.45, 2.75) is 381 Å². The molecule has 0 radical (unpaired) electrons. The molecule has 91 heavy (non-hydrogen) atoms. The minimum Gasteiger partial charge on any atom is -0.462 e. The van der Waals surface area contributed by atoms with Crippen LogP contribution in [0.1, 0.15) is 363 Å². The van der Waals surface area contributed by atoms with E-state index < -0.39 is 97.5 Å². The average molecular weight is 1340 g/mol. The number of aliphatic hydroxyl groups is 1. The fraction of sp³-hybridized carbons (Fsp3) is 0.944. The van der Waals surface area contributed by atoms with Crippen LogP contribution in [0.3, 0.4) is 0 Å². The van der Waals surface area contributed by atoms with E-state index in [1.807, 2.05) is 0 Å². The summed E-state index contributed by atoms with van der Waals surface area (Å²) >= 11 is 0. The second-order valence-electron chi connectivity index (χ2n) is 27.4. The molecule has 0 amide bonds. The molecule has 5 atom stereocenters. The van der Waals surface area contributed by atoms with E-state index in [2.05, 4.69) is 48.5 Å². The van der Waals surface area contributed by atoms with Crippen molar-refractivity contribution in [3.8, 4) is 0 Å². The molecule has 0 aliphatic rings. The number of hydrogen-bond acceptors (Lipinski definition) is 15. The number of esters is 4. The van der Waals surface area contributed by atoms with Crippen LogP contribution in [0.5, 0.6) is 0 Å². The van der Waals surface area contributed by atoms with Crippen LogP contribution < -0.4 is 0 Å². The number of carbonyl (C=O) groups is 4. The fourth-order valence-electron chi connectivity index (χ4n) is 10.9. The van der Waals surface area contributed by atoms with Crippen LogP contribution in [0, 0.1) is 17.8 Å². The average Bonchev–Trinajstić information content (AvgIpc) is 3.10. The molecule has 0 aliphatic heterocycles. The number of phosphoric acid groups is 2. The van der Waals surface area contributed by atoms with Crippen LogP contribution in [0.25, 0.3) is 0 Å². The van der Waals surface area contributed by atoms with Crippen molar-refractivity contribution in [2.24, 2.45) is 17.8 Å². The van der Waals surface area contributed by atoms with E-state index in [1.54, 1.807) is 0 Å². The Morgan fingerprint density at radius 1 is 0.297 bits per heavy atom. The Labute approximate surface area is 556 Å². The van der Waals surface area contributed by atoms with Crippen LogP contribution in [0.4, 0.5) is 0 Å². The number of hydrogen-bond donors (Lipinski definition) is 3. The van der Waals surface area contributed by atoms with E-state index in [0.717, 1.165) is 108 Å². The molecule has 0 heterocycles. The van der Waals surface area contributed by atoms with E-state index in [1.165, 1.54) is 173 Å². The van der Waals surface area contributed by atoms with Gasteiger partial charge in [-0.25, -0.2) is 9.13 Å². The lowest BCUT2D eigenvalue weighted by Gasteiger charge is -2.21. The number of phosphoric ester groups is 2. The quantitative estimate of drug-likeness (QED) is 0.0222. The first kappa shape index (κ1) is 89.1. The van der Waals surface area contributed by atoms with Gasteiger partial charge in [0, 0.05) is 25.7 Å². The van der Waals surface area contributed by atoms with Gasteiger partial charge in [0.1, 0.15) is 19.3 Å². The number of unbranched alkanes of at least 4 members (excludes halogenated alkanes) is 38. The summed E-state index contributed by atoms with van der Waals surface area (Å²) in [6.45, 7) is 11.8. The number of carbonyl (C=O) groups excluding carboxylic acids is 4. The fourth-order valence-corrected chi connectivity index (χ4v) is 12.5. The number of ether oxygens (including phenoxy) is 4. The molecular formula is C72H140O17P2. The predicted molar refractivity (Wildman–Crippen MR) is 368 cm³/mol. The minimum absolute atomic E-state index is 0.104. The maximum Gasteiger partial charge on any atom is 0.472 e. The lowest BCUT2D eigenvalue weighted by atomic mass is 10.0. The molecule has 0 rings (SSSR count). The van der Waals surface area contributed by atoms with Gasteiger partial charge in [0.2, 0.25) is 0 Å². The van der Waals surface area contributed by atoms with E-state index in [4.69, 9.17) is 37.0 Å². The van der Waals surface area contributed by atoms with Crippen molar-refractivity contribution < 1.29 is 80.2 Å². The highest BCUT2D eigenvalue weighted by Gasteiger charge is 2.30. The standard InChI is InChI=1S/C72H140O17P2/c1-8-9-10-11-12-22-32-39-46-53-69(74)82-59-68(89-72(77)56-49-42-35-28-27-31-38-45-52-65(6)7)62-87-91(80,81)85-58-66(73)57-84-90(78,79)86-61-67(60-83-70(75)54-47-40-33-25-20-17-16-19-24-30-37-44-51-64(4)5)88-71(76)55-48-41-34-26-21-15-13-14-18-23-29-36-43-50-63(2)3/h63-68,73H,8-62H2,1-7H3,(H,78,79)(H,80,81)/t66-,67-,68-/m1/s1. The molecule has 17 nitrogen and oxygen atoms in total. The van der Waals surface area contributed by atoms with Gasteiger partial charge in [-0.2, -0.15) is 0 Å². The predicted octanol–water partition coefficient (Wildman–Crippen LogP) is 20.6. The van der Waals surface area contributed by atoms with Gasteiger partial charge in [0.15, 0.2) is 12.2 Å². The molecule has 0 saturated heterocycles. The summed E-state index contributed by atoms with van der Waals surface area (Å²) in [5.74, 6) is 0.162. The van der Waals surface area contributed by atoms with Crippen molar-refractivity contribution in [1.82, 2.24) is 0 Å². The Balaban J connectivity index is 5.24. The summed E-state index contributed by atoms with van der Waals surface area (Å²) in [6, 6.07) is 0. The molecule has 0 aromatic carbocycles. The van der Waals surface area contributed by atoms with Gasteiger partial charge in [-0.1, -0.05) is 312 Å². The minimum atomic E-state index is -4.95. The van der Waals surface area contributed by atoms with Gasteiger partial charge in [-0.3, -0.25) is 37.3 Å². The lowest BCUT2D eigenvalue weighted by molar-refractivity contribution is -0.161. The third kappa shape index (κ3) is 66.5. The van der Waals surface area contributed by atoms with Gasteiger partial charge in [0.05, 0.1) is 26.4 Å².